The zero-order valence-electron chi connectivity index (χ0n) is 13.8. The molecule has 0 aliphatic carbocycles. The average molecular weight is 272 g/mol. The number of hydrazine groups is 1. The molecule has 3 N–H and O–H groups in total. The molecule has 19 heavy (non-hydrogen) atoms. The third-order valence-corrected chi connectivity index (χ3v) is 3.65. The van der Waals surface area contributed by atoms with E-state index in [9.17, 15) is 0 Å². The molecule has 0 saturated carbocycles. The van der Waals surface area contributed by atoms with Gasteiger partial charge in [0, 0.05) is 12.6 Å². The number of hydrogen-bond donors (Lipinski definition) is 2. The number of unbranched alkanes of at least 4 members (excludes halogenated alkanes) is 5. The minimum absolute atomic E-state index is 0.120. The summed E-state index contributed by atoms with van der Waals surface area (Å²) in [7, 11) is 0. The standard InChI is InChI=1S/C16H36N2O/c1-6-8-9-10-11-12-13-14(18-17)15(19-7-2)16(3,4)5/h14-15,18H,6-13,17H2,1-5H3. The van der Waals surface area contributed by atoms with Crippen LogP contribution in [-0.4, -0.2) is 18.8 Å². The van der Waals surface area contributed by atoms with Crippen molar-refractivity contribution in [3.63, 3.8) is 0 Å². The molecule has 116 valence electrons. The Balaban J connectivity index is 4.08. The predicted molar refractivity (Wildman–Crippen MR) is 84.0 cm³/mol. The van der Waals surface area contributed by atoms with Gasteiger partial charge >= 0.3 is 0 Å². The topological polar surface area (TPSA) is 47.3 Å². The fourth-order valence-electron chi connectivity index (χ4n) is 2.62. The minimum atomic E-state index is 0.120. The van der Waals surface area contributed by atoms with Gasteiger partial charge in [0.2, 0.25) is 0 Å². The first-order valence-corrected chi connectivity index (χ1v) is 8.05. The number of nitrogens with two attached hydrogens (primary N) is 1. The lowest BCUT2D eigenvalue weighted by molar-refractivity contribution is -0.0379. The second-order valence-corrected chi connectivity index (χ2v) is 6.57. The summed E-state index contributed by atoms with van der Waals surface area (Å²) in [5.74, 6) is 5.73. The molecule has 3 heteroatoms. The van der Waals surface area contributed by atoms with Gasteiger partial charge in [0.1, 0.15) is 0 Å². The van der Waals surface area contributed by atoms with Crippen molar-refractivity contribution in [1.82, 2.24) is 5.43 Å². The normalized spacial score (nSPS) is 15.5. The van der Waals surface area contributed by atoms with Crippen molar-refractivity contribution >= 4 is 0 Å². The third kappa shape index (κ3) is 8.61. The van der Waals surface area contributed by atoms with Gasteiger partial charge in [-0.05, 0) is 18.8 Å². The number of hydrogen-bond acceptors (Lipinski definition) is 3. The lowest BCUT2D eigenvalue weighted by atomic mass is 9.83. The van der Waals surface area contributed by atoms with Gasteiger partial charge in [-0.3, -0.25) is 11.3 Å². The van der Waals surface area contributed by atoms with Crippen LogP contribution < -0.4 is 11.3 Å². The fraction of sp³-hybridized carbons (Fsp3) is 1.00. The maximum absolute atomic E-state index is 5.91. The molecule has 0 aliphatic heterocycles. The Kier molecular flexibility index (Phi) is 10.6. The first kappa shape index (κ1) is 18.9. The predicted octanol–water partition coefficient (Wildman–Crippen LogP) is 4.02. The summed E-state index contributed by atoms with van der Waals surface area (Å²) in [4.78, 5) is 0. The van der Waals surface area contributed by atoms with Gasteiger partial charge in [0.15, 0.2) is 0 Å². The van der Waals surface area contributed by atoms with Crippen LogP contribution in [0.5, 0.6) is 0 Å². The highest BCUT2D eigenvalue weighted by molar-refractivity contribution is 4.85. The molecule has 0 aromatic rings. The van der Waals surface area contributed by atoms with Crippen LogP contribution in [0.4, 0.5) is 0 Å². The van der Waals surface area contributed by atoms with Crippen LogP contribution in [0, 0.1) is 5.41 Å². The molecule has 0 radical (unpaired) electrons. The van der Waals surface area contributed by atoms with Crippen molar-refractivity contribution in [3.8, 4) is 0 Å². The summed E-state index contributed by atoms with van der Waals surface area (Å²) in [5.41, 5.74) is 3.09. The largest absolute Gasteiger partial charge is 0.376 e. The van der Waals surface area contributed by atoms with Crippen molar-refractivity contribution in [2.45, 2.75) is 91.7 Å². The van der Waals surface area contributed by atoms with E-state index < -0.39 is 0 Å². The number of ether oxygens (including phenoxy) is 1. The molecule has 0 aliphatic rings. The van der Waals surface area contributed by atoms with Gasteiger partial charge in [-0.2, -0.15) is 0 Å². The lowest BCUT2D eigenvalue weighted by Gasteiger charge is -2.36. The summed E-state index contributed by atoms with van der Waals surface area (Å²) in [6, 6.07) is 0.256. The highest BCUT2D eigenvalue weighted by Gasteiger charge is 2.31. The Labute approximate surface area is 120 Å². The van der Waals surface area contributed by atoms with Gasteiger partial charge in [-0.25, -0.2) is 0 Å². The molecule has 0 rings (SSSR count). The minimum Gasteiger partial charge on any atom is -0.376 e. The van der Waals surface area contributed by atoms with E-state index in [2.05, 4.69) is 40.0 Å². The second kappa shape index (κ2) is 10.6. The van der Waals surface area contributed by atoms with E-state index in [-0.39, 0.29) is 17.6 Å². The Hall–Kier alpha value is -0.120. The number of rotatable bonds is 11. The van der Waals surface area contributed by atoms with Crippen molar-refractivity contribution in [1.29, 1.82) is 0 Å². The Morgan fingerprint density at radius 3 is 2.05 bits per heavy atom. The van der Waals surface area contributed by atoms with Crippen molar-refractivity contribution in [2.24, 2.45) is 11.3 Å². The highest BCUT2D eigenvalue weighted by Crippen LogP contribution is 2.27. The number of nitrogens with one attached hydrogen (secondary N) is 1. The van der Waals surface area contributed by atoms with E-state index in [0.717, 1.165) is 13.0 Å². The molecule has 0 amide bonds. The first-order chi connectivity index (χ1) is 8.97. The second-order valence-electron chi connectivity index (χ2n) is 6.57. The molecule has 0 spiro atoms. The van der Waals surface area contributed by atoms with Crippen LogP contribution in [0.2, 0.25) is 0 Å². The van der Waals surface area contributed by atoms with Crippen LogP contribution in [0.15, 0.2) is 0 Å². The quantitative estimate of drug-likeness (QED) is 0.339. The zero-order valence-corrected chi connectivity index (χ0v) is 13.8. The molecule has 0 aromatic heterocycles. The summed E-state index contributed by atoms with van der Waals surface area (Å²) < 4.78 is 5.91. The van der Waals surface area contributed by atoms with E-state index in [4.69, 9.17) is 10.6 Å². The van der Waals surface area contributed by atoms with E-state index in [0.29, 0.717) is 0 Å². The fourth-order valence-corrected chi connectivity index (χ4v) is 2.62. The Morgan fingerprint density at radius 2 is 1.58 bits per heavy atom. The first-order valence-electron chi connectivity index (χ1n) is 8.05. The molecule has 0 heterocycles. The van der Waals surface area contributed by atoms with Crippen LogP contribution in [0.25, 0.3) is 0 Å². The van der Waals surface area contributed by atoms with E-state index in [1.165, 1.54) is 38.5 Å². The Morgan fingerprint density at radius 1 is 1.00 bits per heavy atom. The summed E-state index contributed by atoms with van der Waals surface area (Å²) in [6.07, 6.45) is 9.21. The van der Waals surface area contributed by atoms with Crippen molar-refractivity contribution in [2.75, 3.05) is 6.61 Å². The SMILES string of the molecule is CCCCCCCCC(NN)C(OCC)C(C)(C)C. The lowest BCUT2D eigenvalue weighted by Crippen LogP contribution is -2.50. The van der Waals surface area contributed by atoms with Crippen LogP contribution in [0.1, 0.15) is 79.6 Å². The Bertz CT molecular complexity index is 201. The molecule has 0 fully saturated rings. The summed E-state index contributed by atoms with van der Waals surface area (Å²) in [6.45, 7) is 11.7. The van der Waals surface area contributed by atoms with Gasteiger partial charge in [-0.15, -0.1) is 0 Å². The molecule has 0 aromatic carbocycles. The molecular weight excluding hydrogens is 236 g/mol. The maximum Gasteiger partial charge on any atom is 0.0789 e. The average Bonchev–Trinajstić information content (AvgIpc) is 2.35. The van der Waals surface area contributed by atoms with Gasteiger partial charge in [0.25, 0.3) is 0 Å². The highest BCUT2D eigenvalue weighted by atomic mass is 16.5. The van der Waals surface area contributed by atoms with Crippen LogP contribution >= 0.6 is 0 Å². The zero-order chi connectivity index (χ0) is 14.7. The van der Waals surface area contributed by atoms with Gasteiger partial charge < -0.3 is 4.74 Å². The van der Waals surface area contributed by atoms with Crippen molar-refractivity contribution in [3.05, 3.63) is 0 Å². The smallest absolute Gasteiger partial charge is 0.0789 e. The van der Waals surface area contributed by atoms with Crippen LogP contribution in [-0.2, 0) is 4.74 Å². The van der Waals surface area contributed by atoms with Crippen molar-refractivity contribution < 1.29 is 4.74 Å². The van der Waals surface area contributed by atoms with E-state index >= 15 is 0 Å². The molecule has 2 atom stereocenters. The monoisotopic (exact) mass is 272 g/mol. The molecular formula is C16H36N2O. The van der Waals surface area contributed by atoms with Crippen LogP contribution in [0.3, 0.4) is 0 Å². The molecule has 2 unspecified atom stereocenters. The molecule has 0 saturated heterocycles. The third-order valence-electron chi connectivity index (χ3n) is 3.65. The van der Waals surface area contributed by atoms with E-state index in [1.54, 1.807) is 0 Å². The molecule has 3 nitrogen and oxygen atoms in total. The summed E-state index contributed by atoms with van der Waals surface area (Å²) in [5, 5.41) is 0. The molecule has 0 bridgehead atoms. The van der Waals surface area contributed by atoms with Gasteiger partial charge in [-0.1, -0.05) is 66.2 Å². The summed E-state index contributed by atoms with van der Waals surface area (Å²) >= 11 is 0. The van der Waals surface area contributed by atoms with Gasteiger partial charge in [0.05, 0.1) is 6.10 Å². The van der Waals surface area contributed by atoms with E-state index in [1.807, 2.05) is 0 Å². The maximum atomic E-state index is 5.91.